The first kappa shape index (κ1) is 26.6. The van der Waals surface area contributed by atoms with Gasteiger partial charge in [-0.25, -0.2) is 0 Å². The lowest BCUT2D eigenvalue weighted by Crippen LogP contribution is -2.31. The van der Waals surface area contributed by atoms with Crippen molar-refractivity contribution in [3.63, 3.8) is 0 Å². The molecule has 0 radical (unpaired) electrons. The molecule has 0 aromatic heterocycles. The topological polar surface area (TPSA) is 9.23 Å². The molecule has 0 heterocycles. The molecule has 1 aromatic rings. The normalized spacial score (nSPS) is 15.5. The maximum absolute atomic E-state index is 6.36. The van der Waals surface area contributed by atoms with Crippen molar-refractivity contribution >= 4 is 0 Å². The number of hydrogen-bond donors (Lipinski definition) is 0. The van der Waals surface area contributed by atoms with E-state index in [1.54, 1.807) is 0 Å². The summed E-state index contributed by atoms with van der Waals surface area (Å²) in [6.07, 6.45) is 17.4. The molecule has 3 atom stereocenters. The Morgan fingerprint density at radius 3 is 1.93 bits per heavy atom. The van der Waals surface area contributed by atoms with Crippen molar-refractivity contribution in [2.45, 2.75) is 119 Å². The minimum absolute atomic E-state index is 0.532. The van der Waals surface area contributed by atoms with E-state index in [2.05, 4.69) is 73.4 Å². The van der Waals surface area contributed by atoms with Crippen LogP contribution in [0.5, 0.6) is 5.75 Å². The Morgan fingerprint density at radius 1 is 0.867 bits per heavy atom. The molecule has 0 N–H and O–H groups in total. The van der Waals surface area contributed by atoms with Crippen LogP contribution in [0.15, 0.2) is 12.1 Å². The summed E-state index contributed by atoms with van der Waals surface area (Å²) < 4.78 is 6.36. The Hall–Kier alpha value is -1.42. The van der Waals surface area contributed by atoms with Gasteiger partial charge in [0.15, 0.2) is 5.60 Å². The van der Waals surface area contributed by atoms with E-state index in [0.717, 1.165) is 36.3 Å². The zero-order valence-electron chi connectivity index (χ0n) is 21.2. The highest BCUT2D eigenvalue weighted by molar-refractivity contribution is 5.42. The second-order valence-corrected chi connectivity index (χ2v) is 10.5. The molecule has 1 heteroatoms. The molecule has 0 aliphatic rings. The molecule has 0 fully saturated rings. The fourth-order valence-electron chi connectivity index (χ4n) is 4.27. The van der Waals surface area contributed by atoms with Gasteiger partial charge in [-0.2, -0.15) is 0 Å². The second-order valence-electron chi connectivity index (χ2n) is 10.5. The van der Waals surface area contributed by atoms with E-state index in [9.17, 15) is 0 Å². The maximum Gasteiger partial charge on any atom is 0.166 e. The van der Waals surface area contributed by atoms with Crippen LogP contribution in [-0.4, -0.2) is 5.60 Å². The van der Waals surface area contributed by atoms with Crippen molar-refractivity contribution in [3.05, 3.63) is 28.8 Å². The molecular weight excluding hydrogens is 364 g/mol. The maximum atomic E-state index is 6.36. The number of hydrogen-bond acceptors (Lipinski definition) is 1. The van der Waals surface area contributed by atoms with E-state index in [0.29, 0.717) is 0 Å². The van der Waals surface area contributed by atoms with Crippen LogP contribution in [0.25, 0.3) is 0 Å². The van der Waals surface area contributed by atoms with Crippen molar-refractivity contribution in [3.8, 4) is 18.1 Å². The van der Waals surface area contributed by atoms with Crippen LogP contribution in [0.4, 0.5) is 0 Å². The Morgan fingerprint density at radius 2 is 1.40 bits per heavy atom. The molecule has 170 valence electrons. The molecule has 0 unspecified atom stereocenters. The van der Waals surface area contributed by atoms with Gasteiger partial charge in [-0.1, -0.05) is 84.6 Å². The van der Waals surface area contributed by atoms with Crippen molar-refractivity contribution in [2.24, 2.45) is 17.8 Å². The van der Waals surface area contributed by atoms with Gasteiger partial charge in [0.1, 0.15) is 5.75 Å². The predicted octanol–water partition coefficient (Wildman–Crippen LogP) is 8.82. The van der Waals surface area contributed by atoms with E-state index < -0.39 is 5.60 Å². The molecule has 0 bridgehead atoms. The van der Waals surface area contributed by atoms with Crippen LogP contribution in [0, 0.1) is 50.9 Å². The number of terminal acetylenes is 1. The van der Waals surface area contributed by atoms with Crippen LogP contribution in [0.3, 0.4) is 0 Å². The van der Waals surface area contributed by atoms with Gasteiger partial charge in [0.25, 0.3) is 0 Å². The van der Waals surface area contributed by atoms with Crippen molar-refractivity contribution < 1.29 is 4.74 Å². The van der Waals surface area contributed by atoms with Gasteiger partial charge in [0.2, 0.25) is 0 Å². The van der Waals surface area contributed by atoms with Gasteiger partial charge in [0, 0.05) is 0 Å². The van der Waals surface area contributed by atoms with Crippen molar-refractivity contribution in [2.75, 3.05) is 0 Å². The van der Waals surface area contributed by atoms with Crippen LogP contribution in [0.2, 0.25) is 0 Å². The summed E-state index contributed by atoms with van der Waals surface area (Å²) in [5, 5.41) is 0. The first-order valence-electron chi connectivity index (χ1n) is 12.3. The smallest absolute Gasteiger partial charge is 0.166 e. The molecule has 0 spiro atoms. The van der Waals surface area contributed by atoms with Crippen molar-refractivity contribution in [1.29, 1.82) is 0 Å². The van der Waals surface area contributed by atoms with Gasteiger partial charge in [-0.05, 0) is 81.0 Å². The summed E-state index contributed by atoms with van der Waals surface area (Å²) in [6, 6.07) is 4.31. The molecule has 0 saturated carbocycles. The summed E-state index contributed by atoms with van der Waals surface area (Å²) in [7, 11) is 0. The summed E-state index contributed by atoms with van der Waals surface area (Å²) in [5.41, 5.74) is 3.14. The summed E-state index contributed by atoms with van der Waals surface area (Å²) >= 11 is 0. The highest BCUT2D eigenvalue weighted by atomic mass is 16.5. The molecule has 1 rings (SSSR count). The zero-order chi connectivity index (χ0) is 22.7. The SMILES string of the molecule is C#C[C@](C)(CCC[C@@H](C)CCC[C@@H](C)CCCC(C)C)Oc1cc(C)cc(C)c1C. The number of ether oxygens (including phenoxy) is 1. The lowest BCUT2D eigenvalue weighted by molar-refractivity contribution is 0.134. The second kappa shape index (κ2) is 13.1. The van der Waals surface area contributed by atoms with E-state index in [-0.39, 0.29) is 0 Å². The number of aryl methyl sites for hydroxylation is 2. The van der Waals surface area contributed by atoms with Crippen LogP contribution < -0.4 is 4.74 Å². The van der Waals surface area contributed by atoms with Gasteiger partial charge >= 0.3 is 0 Å². The minimum Gasteiger partial charge on any atom is -0.475 e. The highest BCUT2D eigenvalue weighted by Crippen LogP contribution is 2.30. The molecule has 0 saturated heterocycles. The quantitative estimate of drug-likeness (QED) is 0.277. The predicted molar refractivity (Wildman–Crippen MR) is 133 cm³/mol. The lowest BCUT2D eigenvalue weighted by Gasteiger charge is -2.27. The molecule has 30 heavy (non-hydrogen) atoms. The third-order valence-corrected chi connectivity index (χ3v) is 6.63. The molecular formula is C29H48O. The Bertz CT molecular complexity index is 666. The average Bonchev–Trinajstić information content (AvgIpc) is 2.65. The lowest BCUT2D eigenvalue weighted by atomic mass is 9.90. The zero-order valence-corrected chi connectivity index (χ0v) is 21.2. The van der Waals surface area contributed by atoms with Crippen LogP contribution in [-0.2, 0) is 0 Å². The Labute approximate surface area is 188 Å². The number of rotatable bonds is 14. The van der Waals surface area contributed by atoms with Gasteiger partial charge in [-0.15, -0.1) is 6.42 Å². The number of benzene rings is 1. The third-order valence-electron chi connectivity index (χ3n) is 6.63. The summed E-state index contributed by atoms with van der Waals surface area (Å²) in [6.45, 7) is 17.9. The molecule has 0 amide bonds. The standard InChI is InChI=1S/C29H48O/c1-10-29(9,30-28-21-25(6)20-26(7)27(28)8)19-13-18-24(5)17-12-16-23(4)15-11-14-22(2)3/h1,20-24H,11-19H2,2-9H3/t23-,24-,29+/m0/s1. The van der Waals surface area contributed by atoms with E-state index >= 15 is 0 Å². The summed E-state index contributed by atoms with van der Waals surface area (Å²) in [5.74, 6) is 6.34. The molecule has 0 aliphatic heterocycles. The fraction of sp³-hybridized carbons (Fsp3) is 0.724. The fourth-order valence-corrected chi connectivity index (χ4v) is 4.27. The van der Waals surface area contributed by atoms with E-state index in [4.69, 9.17) is 11.2 Å². The largest absolute Gasteiger partial charge is 0.475 e. The Kier molecular flexibility index (Phi) is 11.6. The summed E-state index contributed by atoms with van der Waals surface area (Å²) in [4.78, 5) is 0. The first-order valence-corrected chi connectivity index (χ1v) is 12.3. The monoisotopic (exact) mass is 412 g/mol. The van der Waals surface area contributed by atoms with E-state index in [1.807, 2.05) is 0 Å². The van der Waals surface area contributed by atoms with Gasteiger partial charge in [-0.3, -0.25) is 0 Å². The molecule has 1 nitrogen and oxygen atoms in total. The Balaban J connectivity index is 2.37. The average molecular weight is 413 g/mol. The molecule has 0 aliphatic carbocycles. The van der Waals surface area contributed by atoms with Crippen LogP contribution in [0.1, 0.15) is 109 Å². The molecule has 1 aromatic carbocycles. The van der Waals surface area contributed by atoms with Gasteiger partial charge < -0.3 is 4.74 Å². The van der Waals surface area contributed by atoms with E-state index in [1.165, 1.54) is 61.6 Å². The highest BCUT2D eigenvalue weighted by Gasteiger charge is 2.24. The minimum atomic E-state index is -0.532. The van der Waals surface area contributed by atoms with Crippen LogP contribution >= 0.6 is 0 Å². The first-order chi connectivity index (χ1) is 14.1. The van der Waals surface area contributed by atoms with Gasteiger partial charge in [0.05, 0.1) is 0 Å². The third kappa shape index (κ3) is 10.1. The van der Waals surface area contributed by atoms with Crippen molar-refractivity contribution in [1.82, 2.24) is 0 Å².